The van der Waals surface area contributed by atoms with Crippen molar-refractivity contribution in [3.8, 4) is 11.1 Å². The first-order valence-corrected chi connectivity index (χ1v) is 8.41. The minimum atomic E-state index is -0.214. The van der Waals surface area contributed by atoms with E-state index in [1.165, 1.54) is 0 Å². The third-order valence-corrected chi connectivity index (χ3v) is 5.18. The molecule has 0 heterocycles. The lowest BCUT2D eigenvalue weighted by atomic mass is 9.68. The van der Waals surface area contributed by atoms with Crippen LogP contribution in [-0.2, 0) is 5.41 Å². The summed E-state index contributed by atoms with van der Waals surface area (Å²) in [6.07, 6.45) is 0. The molecule has 0 spiro atoms. The lowest BCUT2D eigenvalue weighted by molar-refractivity contribution is 0.103. The summed E-state index contributed by atoms with van der Waals surface area (Å²) in [5, 5.41) is 0.714. The molecule has 0 saturated carbocycles. The molecule has 24 heavy (non-hydrogen) atoms. The quantitative estimate of drug-likeness (QED) is 0.544. The van der Waals surface area contributed by atoms with E-state index in [1.807, 2.05) is 54.6 Å². The Kier molecular flexibility index (Phi) is 3.36. The summed E-state index contributed by atoms with van der Waals surface area (Å²) in [6.45, 7) is 4.36. The van der Waals surface area contributed by atoms with Crippen LogP contribution in [0.1, 0.15) is 40.9 Å². The smallest absolute Gasteiger partial charge is 0.193 e. The van der Waals surface area contributed by atoms with E-state index in [9.17, 15) is 4.79 Å². The Bertz CT molecular complexity index is 969. The summed E-state index contributed by atoms with van der Waals surface area (Å²) in [5.74, 6) is 0.109. The molecular weight excluding hydrogens is 316 g/mol. The van der Waals surface area contributed by atoms with Gasteiger partial charge >= 0.3 is 0 Å². The molecule has 2 heteroatoms. The molecule has 3 aromatic rings. The average molecular weight is 333 g/mol. The van der Waals surface area contributed by atoms with Crippen LogP contribution in [0.3, 0.4) is 0 Å². The number of rotatable bonds is 1. The molecule has 0 aliphatic heterocycles. The van der Waals surface area contributed by atoms with Crippen molar-refractivity contribution in [2.45, 2.75) is 19.3 Å². The SMILES string of the molecule is CC1(C)c2ccccc2C(=O)c2ccc(-c3cccc(Cl)c3)cc21. The number of benzene rings is 3. The summed E-state index contributed by atoms with van der Waals surface area (Å²) < 4.78 is 0. The number of fused-ring (bicyclic) bond motifs is 2. The second-order valence-electron chi connectivity index (χ2n) is 6.77. The third-order valence-electron chi connectivity index (χ3n) is 4.94. The molecule has 4 rings (SSSR count). The molecule has 3 aromatic carbocycles. The Hall–Kier alpha value is -2.38. The van der Waals surface area contributed by atoms with E-state index < -0.39 is 0 Å². The maximum Gasteiger partial charge on any atom is 0.193 e. The molecule has 1 aliphatic rings. The Labute approximate surface area is 146 Å². The maximum absolute atomic E-state index is 12.9. The largest absolute Gasteiger partial charge is 0.289 e. The molecule has 0 unspecified atom stereocenters. The van der Waals surface area contributed by atoms with Gasteiger partial charge in [0, 0.05) is 21.6 Å². The van der Waals surface area contributed by atoms with Crippen LogP contribution in [0.2, 0.25) is 5.02 Å². The van der Waals surface area contributed by atoms with E-state index in [0.717, 1.165) is 33.4 Å². The fourth-order valence-corrected chi connectivity index (χ4v) is 3.81. The monoisotopic (exact) mass is 332 g/mol. The van der Waals surface area contributed by atoms with E-state index in [4.69, 9.17) is 11.6 Å². The van der Waals surface area contributed by atoms with Gasteiger partial charge in [-0.1, -0.05) is 74.0 Å². The molecule has 0 radical (unpaired) electrons. The van der Waals surface area contributed by atoms with Crippen molar-refractivity contribution in [3.63, 3.8) is 0 Å². The molecule has 118 valence electrons. The summed E-state index contributed by atoms with van der Waals surface area (Å²) in [5.41, 5.74) is 5.70. The average Bonchev–Trinajstić information content (AvgIpc) is 2.60. The van der Waals surface area contributed by atoms with Crippen LogP contribution >= 0.6 is 11.6 Å². The van der Waals surface area contributed by atoms with Gasteiger partial charge in [-0.3, -0.25) is 4.79 Å². The number of hydrogen-bond acceptors (Lipinski definition) is 1. The highest BCUT2D eigenvalue weighted by Crippen LogP contribution is 2.42. The van der Waals surface area contributed by atoms with E-state index >= 15 is 0 Å². The summed E-state index contributed by atoms with van der Waals surface area (Å²) in [7, 11) is 0. The van der Waals surface area contributed by atoms with Crippen molar-refractivity contribution >= 4 is 17.4 Å². The fourth-order valence-electron chi connectivity index (χ4n) is 3.62. The Morgan fingerprint density at radius 1 is 0.750 bits per heavy atom. The van der Waals surface area contributed by atoms with Crippen LogP contribution in [-0.4, -0.2) is 5.78 Å². The van der Waals surface area contributed by atoms with Crippen LogP contribution in [0.25, 0.3) is 11.1 Å². The van der Waals surface area contributed by atoms with Crippen molar-refractivity contribution in [2.24, 2.45) is 0 Å². The summed E-state index contributed by atoms with van der Waals surface area (Å²) >= 11 is 6.13. The topological polar surface area (TPSA) is 17.1 Å². The first-order chi connectivity index (χ1) is 11.5. The van der Waals surface area contributed by atoms with Gasteiger partial charge in [0.25, 0.3) is 0 Å². The molecule has 0 N–H and O–H groups in total. The minimum absolute atomic E-state index is 0.109. The summed E-state index contributed by atoms with van der Waals surface area (Å²) in [4.78, 5) is 12.9. The first kappa shape index (κ1) is 15.2. The standard InChI is InChI=1S/C22H17ClO/c1-22(2)19-9-4-3-8-17(19)21(24)18-11-10-15(13-20(18)22)14-6-5-7-16(23)12-14/h3-13H,1-2H3. The molecule has 1 aliphatic carbocycles. The van der Waals surface area contributed by atoms with Gasteiger partial charge in [-0.2, -0.15) is 0 Å². The normalized spacial score (nSPS) is 14.9. The molecular formula is C22H17ClO. The number of ketones is 1. The van der Waals surface area contributed by atoms with Crippen molar-refractivity contribution in [3.05, 3.63) is 94.0 Å². The van der Waals surface area contributed by atoms with E-state index in [2.05, 4.69) is 26.0 Å². The fraction of sp³-hybridized carbons (Fsp3) is 0.136. The first-order valence-electron chi connectivity index (χ1n) is 8.03. The lowest BCUT2D eigenvalue weighted by Gasteiger charge is -2.34. The number of halogens is 1. The highest BCUT2D eigenvalue weighted by atomic mass is 35.5. The Morgan fingerprint density at radius 3 is 2.25 bits per heavy atom. The second kappa shape index (κ2) is 5.32. The Morgan fingerprint density at radius 2 is 1.46 bits per heavy atom. The highest BCUT2D eigenvalue weighted by Gasteiger charge is 2.36. The van der Waals surface area contributed by atoms with Crippen molar-refractivity contribution in [1.29, 1.82) is 0 Å². The highest BCUT2D eigenvalue weighted by molar-refractivity contribution is 6.30. The van der Waals surface area contributed by atoms with Gasteiger partial charge in [-0.25, -0.2) is 0 Å². The van der Waals surface area contributed by atoms with E-state index in [1.54, 1.807) is 0 Å². The molecule has 0 bridgehead atoms. The summed E-state index contributed by atoms with van der Waals surface area (Å²) in [6, 6.07) is 21.8. The molecule has 1 nitrogen and oxygen atoms in total. The zero-order valence-corrected chi connectivity index (χ0v) is 14.4. The van der Waals surface area contributed by atoms with E-state index in [0.29, 0.717) is 5.02 Å². The van der Waals surface area contributed by atoms with Gasteiger partial charge in [0.15, 0.2) is 5.78 Å². The van der Waals surface area contributed by atoms with Crippen LogP contribution in [0, 0.1) is 0 Å². The molecule has 0 fully saturated rings. The van der Waals surface area contributed by atoms with Crippen LogP contribution in [0.5, 0.6) is 0 Å². The van der Waals surface area contributed by atoms with Gasteiger partial charge in [0.1, 0.15) is 0 Å². The van der Waals surface area contributed by atoms with Crippen molar-refractivity contribution < 1.29 is 4.79 Å². The Balaban J connectivity index is 1.94. The van der Waals surface area contributed by atoms with Crippen LogP contribution < -0.4 is 0 Å². The van der Waals surface area contributed by atoms with Gasteiger partial charge in [-0.15, -0.1) is 0 Å². The molecule has 0 amide bonds. The predicted molar refractivity (Wildman–Crippen MR) is 98.9 cm³/mol. The van der Waals surface area contributed by atoms with Crippen molar-refractivity contribution in [2.75, 3.05) is 0 Å². The maximum atomic E-state index is 12.9. The van der Waals surface area contributed by atoms with Gasteiger partial charge in [-0.05, 0) is 40.5 Å². The predicted octanol–water partition coefficient (Wildman–Crippen LogP) is 5.88. The molecule has 0 saturated heterocycles. The number of carbonyl (C=O) groups excluding carboxylic acids is 1. The van der Waals surface area contributed by atoms with Gasteiger partial charge < -0.3 is 0 Å². The number of carbonyl (C=O) groups is 1. The van der Waals surface area contributed by atoms with Crippen LogP contribution in [0.15, 0.2) is 66.7 Å². The zero-order chi connectivity index (χ0) is 16.9. The zero-order valence-electron chi connectivity index (χ0n) is 13.6. The van der Waals surface area contributed by atoms with Gasteiger partial charge in [0.05, 0.1) is 0 Å². The minimum Gasteiger partial charge on any atom is -0.289 e. The van der Waals surface area contributed by atoms with Crippen molar-refractivity contribution in [1.82, 2.24) is 0 Å². The molecule has 0 atom stereocenters. The lowest BCUT2D eigenvalue weighted by Crippen LogP contribution is -2.30. The van der Waals surface area contributed by atoms with Gasteiger partial charge in [0.2, 0.25) is 0 Å². The number of hydrogen-bond donors (Lipinski definition) is 0. The second-order valence-corrected chi connectivity index (χ2v) is 7.21. The van der Waals surface area contributed by atoms with E-state index in [-0.39, 0.29) is 11.2 Å². The van der Waals surface area contributed by atoms with Crippen LogP contribution in [0.4, 0.5) is 0 Å². The molecule has 0 aromatic heterocycles. The third kappa shape index (κ3) is 2.20.